The minimum Gasteiger partial charge on any atom is -0.444 e. The normalized spacial score (nSPS) is 30.8. The quantitative estimate of drug-likeness (QED) is 0.763. The van der Waals surface area contributed by atoms with Crippen LogP contribution in [0.1, 0.15) is 64.9 Å². The van der Waals surface area contributed by atoms with Crippen molar-refractivity contribution in [2.24, 2.45) is 10.8 Å². The molecule has 4 nitrogen and oxygen atoms in total. The second kappa shape index (κ2) is 5.49. The topological polar surface area (TPSA) is 53.3 Å². The summed E-state index contributed by atoms with van der Waals surface area (Å²) in [6.07, 6.45) is 5.88. The molecule has 5 rings (SSSR count). The number of carbonyl (C=O) groups excluding carboxylic acids is 1. The monoisotopic (exact) mass is 352 g/mol. The maximum atomic E-state index is 13.0. The summed E-state index contributed by atoms with van der Waals surface area (Å²) in [5.41, 5.74) is 0.529. The van der Waals surface area contributed by atoms with Crippen LogP contribution in [0.25, 0.3) is 0 Å². The summed E-state index contributed by atoms with van der Waals surface area (Å²) in [5, 5.41) is 9.73. The second-order valence-corrected chi connectivity index (χ2v) is 9.63. The summed E-state index contributed by atoms with van der Waals surface area (Å²) in [4.78, 5) is 14.9. The van der Waals surface area contributed by atoms with Gasteiger partial charge in [0, 0.05) is 12.1 Å². The van der Waals surface area contributed by atoms with E-state index in [2.05, 4.69) is 18.2 Å². The van der Waals surface area contributed by atoms with Crippen molar-refractivity contribution >= 4 is 6.09 Å². The Morgan fingerprint density at radius 3 is 2.27 bits per heavy atom. The lowest BCUT2D eigenvalue weighted by Gasteiger charge is -2.78. The molecule has 138 valence electrons. The van der Waals surface area contributed by atoms with E-state index < -0.39 is 5.60 Å². The molecule has 0 spiro atoms. The Labute approximate surface area is 156 Å². The first-order valence-corrected chi connectivity index (χ1v) is 9.69. The molecule has 0 atom stereocenters. The van der Waals surface area contributed by atoms with E-state index in [-0.39, 0.29) is 22.5 Å². The van der Waals surface area contributed by atoms with Gasteiger partial charge in [0.2, 0.25) is 0 Å². The number of nitrogens with zero attached hydrogens (tertiary/aromatic N) is 2. The lowest BCUT2D eigenvalue weighted by molar-refractivity contribution is -0.274. The van der Waals surface area contributed by atoms with Crippen molar-refractivity contribution in [3.63, 3.8) is 0 Å². The molecule has 0 radical (unpaired) electrons. The highest BCUT2D eigenvalue weighted by atomic mass is 16.6. The molecule has 4 fully saturated rings. The van der Waals surface area contributed by atoms with Crippen molar-refractivity contribution in [2.75, 3.05) is 0 Å². The van der Waals surface area contributed by atoms with Crippen LogP contribution in [0.15, 0.2) is 30.3 Å². The van der Waals surface area contributed by atoms with Gasteiger partial charge in [-0.25, -0.2) is 4.79 Å². The Morgan fingerprint density at radius 2 is 1.81 bits per heavy atom. The van der Waals surface area contributed by atoms with E-state index in [1.807, 2.05) is 43.9 Å². The molecule has 0 unspecified atom stereocenters. The van der Waals surface area contributed by atoms with E-state index in [9.17, 15) is 10.1 Å². The van der Waals surface area contributed by atoms with Gasteiger partial charge in [-0.15, -0.1) is 0 Å². The first kappa shape index (κ1) is 17.4. The molecule has 2 bridgehead atoms. The van der Waals surface area contributed by atoms with E-state index >= 15 is 0 Å². The van der Waals surface area contributed by atoms with Gasteiger partial charge in [0.05, 0.1) is 11.5 Å². The number of rotatable bonds is 4. The van der Waals surface area contributed by atoms with Gasteiger partial charge < -0.3 is 4.74 Å². The zero-order valence-corrected chi connectivity index (χ0v) is 16.0. The first-order chi connectivity index (χ1) is 12.2. The Bertz CT molecular complexity index is 733. The van der Waals surface area contributed by atoms with Crippen molar-refractivity contribution in [1.82, 2.24) is 4.90 Å². The molecule has 0 heterocycles. The molecule has 1 amide bonds. The number of benzene rings is 1. The van der Waals surface area contributed by atoms with Crippen molar-refractivity contribution < 1.29 is 9.53 Å². The zero-order valence-electron chi connectivity index (χ0n) is 16.0. The van der Waals surface area contributed by atoms with Crippen LogP contribution in [0.5, 0.6) is 0 Å². The number of amides is 1. The van der Waals surface area contributed by atoms with Crippen LogP contribution >= 0.6 is 0 Å². The molecule has 1 aromatic rings. The van der Waals surface area contributed by atoms with Crippen LogP contribution in [0.4, 0.5) is 4.79 Å². The second-order valence-electron chi connectivity index (χ2n) is 9.63. The third kappa shape index (κ3) is 2.44. The Kier molecular flexibility index (Phi) is 3.67. The predicted octanol–water partition coefficient (Wildman–Crippen LogP) is 5.04. The minimum absolute atomic E-state index is 0.113. The molecule has 26 heavy (non-hydrogen) atoms. The van der Waals surface area contributed by atoms with Gasteiger partial charge in [-0.1, -0.05) is 36.8 Å². The highest BCUT2D eigenvalue weighted by Crippen LogP contribution is 2.79. The molecule has 0 N–H and O–H groups in total. The maximum absolute atomic E-state index is 13.0. The van der Waals surface area contributed by atoms with Gasteiger partial charge in [-0.05, 0) is 63.9 Å². The smallest absolute Gasteiger partial charge is 0.411 e. The van der Waals surface area contributed by atoms with E-state index in [0.29, 0.717) is 6.54 Å². The summed E-state index contributed by atoms with van der Waals surface area (Å²) in [5.74, 6) is 0. The van der Waals surface area contributed by atoms with Gasteiger partial charge in [-0.3, -0.25) is 4.90 Å². The summed E-state index contributed by atoms with van der Waals surface area (Å²) in [6, 6.07) is 12.7. The van der Waals surface area contributed by atoms with Crippen molar-refractivity contribution in [1.29, 1.82) is 5.26 Å². The van der Waals surface area contributed by atoms with Crippen molar-refractivity contribution in [2.45, 2.75) is 77.0 Å². The summed E-state index contributed by atoms with van der Waals surface area (Å²) in [7, 11) is 0. The molecule has 0 saturated heterocycles. The largest absolute Gasteiger partial charge is 0.444 e. The first-order valence-electron chi connectivity index (χ1n) is 9.69. The molecule has 0 aromatic heterocycles. The van der Waals surface area contributed by atoms with Crippen LogP contribution in [0.2, 0.25) is 0 Å². The SMILES string of the molecule is CC(C)(C)OC(=O)N(Cc1ccccc1)C12CC(C3(C#N)CCC3)(C1)C2. The van der Waals surface area contributed by atoms with Crippen molar-refractivity contribution in [3.05, 3.63) is 35.9 Å². The standard InChI is InChI=1S/C22H28N2O2/c1-19(2,3)26-18(25)24(12-17-8-5-4-6-9-17)22-13-21(14-22,15-22)20(16-23)10-7-11-20/h4-6,8-9H,7,10-15H2,1-3H3. The number of carbonyl (C=O) groups is 1. The summed E-state index contributed by atoms with van der Waals surface area (Å²) < 4.78 is 5.73. The molecule has 4 aliphatic carbocycles. The van der Waals surface area contributed by atoms with Crippen LogP contribution < -0.4 is 0 Å². The fourth-order valence-corrected chi connectivity index (χ4v) is 5.33. The lowest BCUT2D eigenvalue weighted by Crippen LogP contribution is -2.80. The van der Waals surface area contributed by atoms with E-state index in [0.717, 1.165) is 37.7 Å². The van der Waals surface area contributed by atoms with Crippen LogP contribution in [0.3, 0.4) is 0 Å². The van der Waals surface area contributed by atoms with Crippen LogP contribution in [-0.4, -0.2) is 22.1 Å². The molecule has 1 aromatic carbocycles. The van der Waals surface area contributed by atoms with E-state index in [4.69, 9.17) is 4.74 Å². The Balaban J connectivity index is 1.54. The van der Waals surface area contributed by atoms with Crippen molar-refractivity contribution in [3.8, 4) is 6.07 Å². The molecular weight excluding hydrogens is 324 g/mol. The average Bonchev–Trinajstić information content (AvgIpc) is 2.45. The summed E-state index contributed by atoms with van der Waals surface area (Å²) >= 11 is 0. The highest BCUT2D eigenvalue weighted by molar-refractivity contribution is 5.70. The average molecular weight is 352 g/mol. The fourth-order valence-electron chi connectivity index (χ4n) is 5.33. The molecule has 4 saturated carbocycles. The van der Waals surface area contributed by atoms with Gasteiger partial charge >= 0.3 is 6.09 Å². The maximum Gasteiger partial charge on any atom is 0.411 e. The van der Waals surface area contributed by atoms with Gasteiger partial charge in [0.25, 0.3) is 0 Å². The fraction of sp³-hybridized carbons (Fsp3) is 0.636. The Morgan fingerprint density at radius 1 is 1.19 bits per heavy atom. The third-order valence-electron chi connectivity index (χ3n) is 6.81. The van der Waals surface area contributed by atoms with E-state index in [1.165, 1.54) is 6.42 Å². The van der Waals surface area contributed by atoms with Crippen LogP contribution in [-0.2, 0) is 11.3 Å². The summed E-state index contributed by atoms with van der Waals surface area (Å²) in [6.45, 7) is 6.31. The zero-order chi connectivity index (χ0) is 18.6. The third-order valence-corrected chi connectivity index (χ3v) is 6.81. The van der Waals surface area contributed by atoms with Gasteiger partial charge in [0.1, 0.15) is 5.60 Å². The van der Waals surface area contributed by atoms with Gasteiger partial charge in [0.15, 0.2) is 0 Å². The lowest BCUT2D eigenvalue weighted by atomic mass is 9.29. The number of ether oxygens (including phenoxy) is 1. The van der Waals surface area contributed by atoms with Gasteiger partial charge in [-0.2, -0.15) is 5.26 Å². The minimum atomic E-state index is -0.505. The Hall–Kier alpha value is -2.02. The molecule has 0 aliphatic heterocycles. The predicted molar refractivity (Wildman–Crippen MR) is 99.1 cm³/mol. The highest BCUT2D eigenvalue weighted by Gasteiger charge is 2.78. The molecule has 4 aliphatic rings. The van der Waals surface area contributed by atoms with E-state index in [1.54, 1.807) is 0 Å². The molecular formula is C22H28N2O2. The number of hydrogen-bond donors (Lipinski definition) is 0. The number of hydrogen-bond acceptors (Lipinski definition) is 3. The molecule has 4 heteroatoms. The van der Waals surface area contributed by atoms with Crippen LogP contribution in [0, 0.1) is 22.2 Å². The number of nitriles is 1.